The van der Waals surface area contributed by atoms with E-state index in [1.807, 2.05) is 91.0 Å². The van der Waals surface area contributed by atoms with E-state index in [4.69, 9.17) is 15.0 Å². The number of aromatic nitrogens is 5. The van der Waals surface area contributed by atoms with Gasteiger partial charge in [0.15, 0.2) is 23.3 Å². The van der Waals surface area contributed by atoms with Crippen molar-refractivity contribution in [2.45, 2.75) is 0 Å². The first-order valence-corrected chi connectivity index (χ1v) is 11.7. The van der Waals surface area contributed by atoms with Gasteiger partial charge < -0.3 is 0 Å². The molecule has 0 saturated heterocycles. The third-order valence-corrected chi connectivity index (χ3v) is 5.86. The van der Waals surface area contributed by atoms with Crippen molar-refractivity contribution < 1.29 is 0 Å². The zero-order chi connectivity index (χ0) is 24.2. The molecule has 0 bridgehead atoms. The lowest BCUT2D eigenvalue weighted by Crippen LogP contribution is -2.00. The van der Waals surface area contributed by atoms with Crippen LogP contribution in [0.15, 0.2) is 128 Å². The zero-order valence-electron chi connectivity index (χ0n) is 19.4. The SMILES string of the molecule is c1ccc(-c2nc(-c3ccccc3)nc(-c3cccc(-c4ccc(-c5ncccn5)cc4)c3)n2)cc1. The first-order valence-electron chi connectivity index (χ1n) is 11.7. The van der Waals surface area contributed by atoms with Crippen LogP contribution in [0.3, 0.4) is 0 Å². The Morgan fingerprint density at radius 3 is 1.33 bits per heavy atom. The van der Waals surface area contributed by atoms with E-state index in [2.05, 4.69) is 34.2 Å². The van der Waals surface area contributed by atoms with Gasteiger partial charge in [0, 0.05) is 34.6 Å². The Bertz CT molecular complexity index is 1540. The van der Waals surface area contributed by atoms with Crippen molar-refractivity contribution in [2.24, 2.45) is 0 Å². The van der Waals surface area contributed by atoms with Gasteiger partial charge in [0.05, 0.1) is 0 Å². The van der Waals surface area contributed by atoms with Gasteiger partial charge in [0.1, 0.15) is 0 Å². The van der Waals surface area contributed by atoms with Gasteiger partial charge in [-0.05, 0) is 23.3 Å². The van der Waals surface area contributed by atoms with Crippen LogP contribution >= 0.6 is 0 Å². The normalized spacial score (nSPS) is 10.8. The number of benzene rings is 4. The molecule has 0 amide bonds. The van der Waals surface area contributed by atoms with E-state index in [1.54, 1.807) is 12.4 Å². The maximum absolute atomic E-state index is 4.85. The lowest BCUT2D eigenvalue weighted by atomic mass is 10.0. The van der Waals surface area contributed by atoms with Crippen molar-refractivity contribution in [1.82, 2.24) is 24.9 Å². The summed E-state index contributed by atoms with van der Waals surface area (Å²) >= 11 is 0. The second-order valence-electron chi connectivity index (χ2n) is 8.27. The van der Waals surface area contributed by atoms with Crippen molar-refractivity contribution in [2.75, 3.05) is 0 Å². The summed E-state index contributed by atoms with van der Waals surface area (Å²) in [7, 11) is 0. The summed E-state index contributed by atoms with van der Waals surface area (Å²) in [6, 6.07) is 38.4. The molecule has 170 valence electrons. The van der Waals surface area contributed by atoms with Gasteiger partial charge >= 0.3 is 0 Å². The molecular formula is C31H21N5. The molecule has 0 spiro atoms. The molecule has 0 saturated carbocycles. The number of hydrogen-bond acceptors (Lipinski definition) is 5. The highest BCUT2D eigenvalue weighted by Gasteiger charge is 2.13. The molecule has 0 unspecified atom stereocenters. The first kappa shape index (κ1) is 21.5. The molecule has 0 N–H and O–H groups in total. The minimum Gasteiger partial charge on any atom is -0.237 e. The standard InChI is InChI=1S/C31H21N5/c1-3-9-23(10-4-1)29-34-30(24-11-5-2-6-12-24)36-31(35-29)27-14-7-13-26(21-27)22-15-17-25(18-16-22)28-32-19-8-20-33-28/h1-21H. The average molecular weight is 464 g/mol. The summed E-state index contributed by atoms with van der Waals surface area (Å²) < 4.78 is 0. The lowest BCUT2D eigenvalue weighted by molar-refractivity contribution is 1.07. The van der Waals surface area contributed by atoms with Crippen LogP contribution in [0.4, 0.5) is 0 Å². The topological polar surface area (TPSA) is 64.5 Å². The summed E-state index contributed by atoms with van der Waals surface area (Å²) in [5, 5.41) is 0. The molecule has 6 rings (SSSR count). The predicted octanol–water partition coefficient (Wildman–Crippen LogP) is 7.00. The third-order valence-electron chi connectivity index (χ3n) is 5.86. The highest BCUT2D eigenvalue weighted by atomic mass is 15.0. The van der Waals surface area contributed by atoms with E-state index < -0.39 is 0 Å². The molecule has 0 fully saturated rings. The average Bonchev–Trinajstić information content (AvgIpc) is 2.98. The molecule has 6 aromatic rings. The maximum Gasteiger partial charge on any atom is 0.164 e. The van der Waals surface area contributed by atoms with Gasteiger partial charge in [0.2, 0.25) is 0 Å². The highest BCUT2D eigenvalue weighted by molar-refractivity contribution is 5.73. The monoisotopic (exact) mass is 463 g/mol. The Morgan fingerprint density at radius 1 is 0.306 bits per heavy atom. The van der Waals surface area contributed by atoms with Crippen LogP contribution in [0.5, 0.6) is 0 Å². The number of hydrogen-bond donors (Lipinski definition) is 0. The minimum atomic E-state index is 0.638. The van der Waals surface area contributed by atoms with Crippen LogP contribution in [0.2, 0.25) is 0 Å². The Labute approximate surface area is 209 Å². The van der Waals surface area contributed by atoms with E-state index in [0.717, 1.165) is 33.4 Å². The van der Waals surface area contributed by atoms with Gasteiger partial charge in [-0.15, -0.1) is 0 Å². The fourth-order valence-corrected chi connectivity index (χ4v) is 4.04. The minimum absolute atomic E-state index is 0.638. The largest absolute Gasteiger partial charge is 0.237 e. The van der Waals surface area contributed by atoms with E-state index in [-0.39, 0.29) is 0 Å². The molecule has 4 aromatic carbocycles. The second-order valence-corrected chi connectivity index (χ2v) is 8.27. The van der Waals surface area contributed by atoms with Gasteiger partial charge in [-0.1, -0.05) is 103 Å². The van der Waals surface area contributed by atoms with Crippen molar-refractivity contribution in [3.8, 4) is 56.7 Å². The molecule has 5 nitrogen and oxygen atoms in total. The Hall–Kier alpha value is -5.03. The smallest absolute Gasteiger partial charge is 0.164 e. The molecule has 36 heavy (non-hydrogen) atoms. The maximum atomic E-state index is 4.85. The molecule has 2 heterocycles. The molecule has 5 heteroatoms. The summed E-state index contributed by atoms with van der Waals surface area (Å²) in [6.45, 7) is 0. The molecule has 0 radical (unpaired) electrons. The fraction of sp³-hybridized carbons (Fsp3) is 0. The summed E-state index contributed by atoms with van der Waals surface area (Å²) in [4.78, 5) is 23.2. The van der Waals surface area contributed by atoms with Crippen molar-refractivity contribution in [3.05, 3.63) is 128 Å². The van der Waals surface area contributed by atoms with Gasteiger partial charge in [-0.25, -0.2) is 24.9 Å². The van der Waals surface area contributed by atoms with Crippen LogP contribution in [0, 0.1) is 0 Å². The predicted molar refractivity (Wildman–Crippen MR) is 143 cm³/mol. The molecular weight excluding hydrogens is 442 g/mol. The van der Waals surface area contributed by atoms with Crippen molar-refractivity contribution in [1.29, 1.82) is 0 Å². The first-order chi connectivity index (χ1) is 17.8. The van der Waals surface area contributed by atoms with Gasteiger partial charge in [0.25, 0.3) is 0 Å². The zero-order valence-corrected chi connectivity index (χ0v) is 19.4. The van der Waals surface area contributed by atoms with E-state index in [0.29, 0.717) is 23.3 Å². The number of rotatable bonds is 5. The lowest BCUT2D eigenvalue weighted by Gasteiger charge is -2.10. The van der Waals surface area contributed by atoms with E-state index in [1.165, 1.54) is 0 Å². The highest BCUT2D eigenvalue weighted by Crippen LogP contribution is 2.29. The van der Waals surface area contributed by atoms with Gasteiger partial charge in [-0.3, -0.25) is 0 Å². The van der Waals surface area contributed by atoms with E-state index >= 15 is 0 Å². The number of nitrogens with zero attached hydrogens (tertiary/aromatic N) is 5. The molecule has 0 aliphatic heterocycles. The van der Waals surface area contributed by atoms with Crippen LogP contribution in [0.25, 0.3) is 56.7 Å². The van der Waals surface area contributed by atoms with Crippen LogP contribution in [-0.4, -0.2) is 24.9 Å². The Morgan fingerprint density at radius 2 is 0.750 bits per heavy atom. The fourth-order valence-electron chi connectivity index (χ4n) is 4.04. The molecule has 2 aromatic heterocycles. The molecule has 0 atom stereocenters. The summed E-state index contributed by atoms with van der Waals surface area (Å²) in [5.41, 5.74) is 5.99. The van der Waals surface area contributed by atoms with Crippen molar-refractivity contribution >= 4 is 0 Å². The Balaban J connectivity index is 1.41. The summed E-state index contributed by atoms with van der Waals surface area (Å²) in [6.07, 6.45) is 3.50. The van der Waals surface area contributed by atoms with Gasteiger partial charge in [-0.2, -0.15) is 0 Å². The Kier molecular flexibility index (Phi) is 5.78. The summed E-state index contributed by atoms with van der Waals surface area (Å²) in [5.74, 6) is 2.65. The third kappa shape index (κ3) is 4.50. The van der Waals surface area contributed by atoms with Crippen LogP contribution < -0.4 is 0 Å². The van der Waals surface area contributed by atoms with Crippen LogP contribution in [0.1, 0.15) is 0 Å². The quantitative estimate of drug-likeness (QED) is 0.275. The molecule has 0 aliphatic carbocycles. The van der Waals surface area contributed by atoms with Crippen LogP contribution in [-0.2, 0) is 0 Å². The van der Waals surface area contributed by atoms with E-state index in [9.17, 15) is 0 Å². The molecule has 0 aliphatic rings. The second kappa shape index (κ2) is 9.68. The van der Waals surface area contributed by atoms with Crippen molar-refractivity contribution in [3.63, 3.8) is 0 Å².